The van der Waals surface area contributed by atoms with Crippen molar-refractivity contribution in [3.05, 3.63) is 53.1 Å². The molecule has 7 nitrogen and oxygen atoms in total. The number of halogens is 1. The quantitative estimate of drug-likeness (QED) is 0.734. The van der Waals surface area contributed by atoms with Crippen LogP contribution >= 0.6 is 11.6 Å². The minimum absolute atomic E-state index is 0.0814. The van der Waals surface area contributed by atoms with Crippen molar-refractivity contribution < 1.29 is 27.5 Å². The Bertz CT molecular complexity index is 956. The molecule has 0 unspecified atom stereocenters. The molecule has 1 N–H and O–H groups in total. The monoisotopic (exact) mass is 411 g/mol. The molecule has 0 aliphatic heterocycles. The summed E-state index contributed by atoms with van der Waals surface area (Å²) in [4.78, 5) is 24.5. The van der Waals surface area contributed by atoms with Crippen LogP contribution in [0.3, 0.4) is 0 Å². The van der Waals surface area contributed by atoms with Crippen LogP contribution in [0.4, 0.5) is 5.69 Å². The molecule has 1 amide bonds. The molecule has 1 atom stereocenters. The van der Waals surface area contributed by atoms with Crippen molar-refractivity contribution in [2.75, 3.05) is 18.7 Å². The largest absolute Gasteiger partial charge is 0.495 e. The molecule has 0 spiro atoms. The van der Waals surface area contributed by atoms with E-state index in [1.54, 1.807) is 12.1 Å². The lowest BCUT2D eigenvalue weighted by Gasteiger charge is -2.15. The number of hydrogen-bond donors (Lipinski definition) is 1. The highest BCUT2D eigenvalue weighted by atomic mass is 35.5. The summed E-state index contributed by atoms with van der Waals surface area (Å²) in [7, 11) is -1.92. The third-order valence-corrected chi connectivity index (χ3v) is 4.95. The number of carbonyl (C=O) groups excluding carboxylic acids is 2. The summed E-state index contributed by atoms with van der Waals surface area (Å²) >= 11 is 5.91. The van der Waals surface area contributed by atoms with E-state index in [4.69, 9.17) is 21.1 Å². The van der Waals surface area contributed by atoms with Crippen LogP contribution in [-0.4, -0.2) is 39.8 Å². The fourth-order valence-electron chi connectivity index (χ4n) is 2.13. The Balaban J connectivity index is 2.06. The van der Waals surface area contributed by atoms with Crippen LogP contribution in [0.25, 0.3) is 0 Å². The molecule has 0 aromatic heterocycles. The van der Waals surface area contributed by atoms with Crippen LogP contribution in [0.5, 0.6) is 5.75 Å². The van der Waals surface area contributed by atoms with Gasteiger partial charge >= 0.3 is 5.97 Å². The molecule has 0 aliphatic carbocycles. The van der Waals surface area contributed by atoms with Crippen LogP contribution in [0.2, 0.25) is 5.02 Å². The van der Waals surface area contributed by atoms with Crippen molar-refractivity contribution in [3.8, 4) is 5.75 Å². The number of anilines is 1. The molecule has 0 aliphatic rings. The van der Waals surface area contributed by atoms with Crippen LogP contribution in [0.1, 0.15) is 17.3 Å². The number of methoxy groups -OCH3 is 1. The molecule has 0 radical (unpaired) electrons. The Kier molecular flexibility index (Phi) is 6.45. The Morgan fingerprint density at radius 2 is 1.74 bits per heavy atom. The van der Waals surface area contributed by atoms with E-state index in [0.29, 0.717) is 16.5 Å². The molecule has 9 heteroatoms. The van der Waals surface area contributed by atoms with E-state index in [2.05, 4.69) is 5.32 Å². The first kappa shape index (κ1) is 20.7. The van der Waals surface area contributed by atoms with Gasteiger partial charge in [-0.05, 0) is 49.4 Å². The standard InChI is InChI=1S/C18H18ClNO6S/c1-11(17(21)20-15-10-13(19)6-9-16(15)25-2)26-18(22)12-4-7-14(8-5-12)27(3,23)24/h4-11H,1-3H3,(H,20,21)/t11-/m1/s1. The van der Waals surface area contributed by atoms with Gasteiger partial charge in [0.2, 0.25) is 0 Å². The maximum atomic E-state index is 12.3. The van der Waals surface area contributed by atoms with Gasteiger partial charge in [0.15, 0.2) is 15.9 Å². The van der Waals surface area contributed by atoms with Crippen LogP contribution in [0, 0.1) is 0 Å². The summed E-state index contributed by atoms with van der Waals surface area (Å²) in [5.74, 6) is -0.921. The Morgan fingerprint density at radius 1 is 1.11 bits per heavy atom. The topological polar surface area (TPSA) is 98.8 Å². The molecular weight excluding hydrogens is 394 g/mol. The predicted octanol–water partition coefficient (Wildman–Crippen LogP) is 2.94. The third kappa shape index (κ3) is 5.45. The minimum Gasteiger partial charge on any atom is -0.495 e. The number of hydrogen-bond acceptors (Lipinski definition) is 6. The van der Waals surface area contributed by atoms with Gasteiger partial charge in [0, 0.05) is 11.3 Å². The zero-order valence-electron chi connectivity index (χ0n) is 14.9. The molecule has 0 saturated heterocycles. The molecule has 144 valence electrons. The molecular formula is C18H18ClNO6S. The normalized spacial score (nSPS) is 12.1. The molecule has 2 aromatic carbocycles. The summed E-state index contributed by atoms with van der Waals surface area (Å²) in [6.07, 6.45) is -0.0348. The molecule has 0 heterocycles. The van der Waals surface area contributed by atoms with Crippen LogP contribution in [-0.2, 0) is 19.4 Å². The molecule has 27 heavy (non-hydrogen) atoms. The van der Waals surface area contributed by atoms with Gasteiger partial charge in [-0.1, -0.05) is 11.6 Å². The average Bonchev–Trinajstić information content (AvgIpc) is 2.61. The molecule has 0 saturated carbocycles. The fourth-order valence-corrected chi connectivity index (χ4v) is 2.94. The van der Waals surface area contributed by atoms with E-state index in [9.17, 15) is 18.0 Å². The van der Waals surface area contributed by atoms with Crippen molar-refractivity contribution in [2.45, 2.75) is 17.9 Å². The van der Waals surface area contributed by atoms with E-state index in [-0.39, 0.29) is 10.5 Å². The van der Waals surface area contributed by atoms with Gasteiger partial charge < -0.3 is 14.8 Å². The van der Waals surface area contributed by atoms with Gasteiger partial charge in [-0.25, -0.2) is 13.2 Å². The Labute approximate surface area is 162 Å². The van der Waals surface area contributed by atoms with Crippen molar-refractivity contribution in [1.82, 2.24) is 0 Å². The second-order valence-corrected chi connectivity index (χ2v) is 8.13. The van der Waals surface area contributed by atoms with E-state index in [1.807, 2.05) is 0 Å². The lowest BCUT2D eigenvalue weighted by atomic mass is 10.2. The summed E-state index contributed by atoms with van der Waals surface area (Å²) in [6.45, 7) is 1.41. The predicted molar refractivity (Wildman–Crippen MR) is 101 cm³/mol. The van der Waals surface area contributed by atoms with Crippen LogP contribution < -0.4 is 10.1 Å². The molecule has 0 fully saturated rings. The number of nitrogens with one attached hydrogen (secondary N) is 1. The van der Waals surface area contributed by atoms with Gasteiger partial charge in [0.25, 0.3) is 5.91 Å². The van der Waals surface area contributed by atoms with Crippen LogP contribution in [0.15, 0.2) is 47.4 Å². The number of sulfone groups is 1. The van der Waals surface area contributed by atoms with Gasteiger partial charge in [-0.15, -0.1) is 0 Å². The summed E-state index contributed by atoms with van der Waals surface area (Å²) in [5.41, 5.74) is 0.470. The van der Waals surface area contributed by atoms with Gasteiger partial charge in [0.05, 0.1) is 23.3 Å². The average molecular weight is 412 g/mol. The van der Waals surface area contributed by atoms with Crippen molar-refractivity contribution >= 4 is 39.0 Å². The smallest absolute Gasteiger partial charge is 0.338 e. The van der Waals surface area contributed by atoms with E-state index < -0.39 is 27.8 Å². The summed E-state index contributed by atoms with van der Waals surface area (Å²) in [6, 6.07) is 9.96. The Hall–Kier alpha value is -2.58. The first-order valence-electron chi connectivity index (χ1n) is 7.77. The SMILES string of the molecule is COc1ccc(Cl)cc1NC(=O)[C@@H](C)OC(=O)c1ccc(S(C)(=O)=O)cc1. The zero-order valence-corrected chi connectivity index (χ0v) is 16.4. The lowest BCUT2D eigenvalue weighted by Crippen LogP contribution is -2.30. The lowest BCUT2D eigenvalue weighted by molar-refractivity contribution is -0.123. The van der Waals surface area contributed by atoms with Gasteiger partial charge in [-0.3, -0.25) is 4.79 Å². The maximum Gasteiger partial charge on any atom is 0.338 e. The van der Waals surface area contributed by atoms with Gasteiger partial charge in [0.1, 0.15) is 5.75 Å². The van der Waals surface area contributed by atoms with Gasteiger partial charge in [-0.2, -0.15) is 0 Å². The number of rotatable bonds is 6. The number of ether oxygens (including phenoxy) is 2. The summed E-state index contributed by atoms with van der Waals surface area (Å²) < 4.78 is 33.1. The Morgan fingerprint density at radius 3 is 2.30 bits per heavy atom. The molecule has 2 aromatic rings. The zero-order chi connectivity index (χ0) is 20.2. The molecule has 2 rings (SSSR count). The van der Waals surface area contributed by atoms with E-state index >= 15 is 0 Å². The highest BCUT2D eigenvalue weighted by Gasteiger charge is 2.20. The van der Waals surface area contributed by atoms with Crippen molar-refractivity contribution in [1.29, 1.82) is 0 Å². The first-order chi connectivity index (χ1) is 12.6. The second kappa shape index (κ2) is 8.41. The number of carbonyl (C=O) groups is 2. The third-order valence-electron chi connectivity index (χ3n) is 3.59. The second-order valence-electron chi connectivity index (χ2n) is 5.68. The summed E-state index contributed by atoms with van der Waals surface area (Å²) in [5, 5.41) is 2.99. The van der Waals surface area contributed by atoms with E-state index in [0.717, 1.165) is 6.26 Å². The molecule has 0 bridgehead atoms. The number of benzene rings is 2. The van der Waals surface area contributed by atoms with E-state index in [1.165, 1.54) is 44.4 Å². The maximum absolute atomic E-state index is 12.3. The van der Waals surface area contributed by atoms with Crippen molar-refractivity contribution in [2.24, 2.45) is 0 Å². The van der Waals surface area contributed by atoms with Crippen molar-refractivity contribution in [3.63, 3.8) is 0 Å². The highest BCUT2D eigenvalue weighted by Crippen LogP contribution is 2.27. The fraction of sp³-hybridized carbons (Fsp3) is 0.222. The minimum atomic E-state index is -3.37. The highest BCUT2D eigenvalue weighted by molar-refractivity contribution is 7.90. The number of esters is 1. The first-order valence-corrected chi connectivity index (χ1v) is 10.0. The number of amides is 1.